The number of hydrogen-bond acceptors (Lipinski definition) is 3. The largest absolute Gasteiger partial charge is 0.487 e. The van der Waals surface area contributed by atoms with Crippen molar-refractivity contribution in [3.8, 4) is 5.75 Å². The molecule has 0 heterocycles. The Labute approximate surface area is 177 Å². The second-order valence-corrected chi connectivity index (χ2v) is 10.0. The summed E-state index contributed by atoms with van der Waals surface area (Å²) in [6.45, 7) is 6.26. The van der Waals surface area contributed by atoms with Crippen LogP contribution in [-0.2, 0) is 11.2 Å². The van der Waals surface area contributed by atoms with Crippen molar-refractivity contribution in [2.24, 2.45) is 5.41 Å². The van der Waals surface area contributed by atoms with Gasteiger partial charge >= 0.3 is 6.09 Å². The second-order valence-electron chi connectivity index (χ2n) is 9.59. The molecule has 2 aromatic carbocycles. The van der Waals surface area contributed by atoms with E-state index in [1.54, 1.807) is 0 Å². The zero-order chi connectivity index (χ0) is 20.7. The van der Waals surface area contributed by atoms with E-state index in [2.05, 4.69) is 17.4 Å². The molecule has 0 atom stereocenters. The average molecular weight is 414 g/mol. The monoisotopic (exact) mass is 413 g/mol. The van der Waals surface area contributed by atoms with Crippen LogP contribution in [0.2, 0.25) is 5.02 Å². The number of carbonyl (C=O) groups excluding carboxylic acids is 1. The fourth-order valence-corrected chi connectivity index (χ4v) is 4.79. The van der Waals surface area contributed by atoms with Crippen molar-refractivity contribution in [3.05, 3.63) is 64.7 Å². The molecule has 29 heavy (non-hydrogen) atoms. The Morgan fingerprint density at radius 3 is 2.45 bits per heavy atom. The van der Waals surface area contributed by atoms with Crippen LogP contribution in [0.15, 0.2) is 48.5 Å². The van der Waals surface area contributed by atoms with Gasteiger partial charge in [0.1, 0.15) is 17.0 Å². The molecule has 0 unspecified atom stereocenters. The van der Waals surface area contributed by atoms with E-state index in [9.17, 15) is 4.79 Å². The summed E-state index contributed by atoms with van der Waals surface area (Å²) in [4.78, 5) is 11.9. The van der Waals surface area contributed by atoms with E-state index < -0.39 is 5.60 Å². The van der Waals surface area contributed by atoms with Gasteiger partial charge < -0.3 is 14.8 Å². The number of alkyl carbamates (subject to hydrolysis) is 1. The highest BCUT2D eigenvalue weighted by Crippen LogP contribution is 2.68. The van der Waals surface area contributed by atoms with Crippen molar-refractivity contribution in [1.82, 2.24) is 5.32 Å². The standard InChI is InChI=1S/C24H28ClNO3/c1-22(2,3)29-21(27)26-16-23-13-24(14-23,15-23)28-20-10-9-19(25)12-18(20)11-17-7-5-4-6-8-17/h4-10,12H,11,13-16H2,1-3H3,(H,26,27). The molecule has 5 rings (SSSR count). The van der Waals surface area contributed by atoms with Gasteiger partial charge in [0.05, 0.1) is 0 Å². The smallest absolute Gasteiger partial charge is 0.407 e. The lowest BCUT2D eigenvalue weighted by Gasteiger charge is -2.69. The first-order valence-corrected chi connectivity index (χ1v) is 10.5. The van der Waals surface area contributed by atoms with Crippen molar-refractivity contribution in [2.75, 3.05) is 6.54 Å². The summed E-state index contributed by atoms with van der Waals surface area (Å²) in [5.41, 5.74) is 1.92. The fourth-order valence-electron chi connectivity index (χ4n) is 4.60. The minimum Gasteiger partial charge on any atom is -0.487 e. The minimum absolute atomic E-state index is 0.102. The number of ether oxygens (including phenoxy) is 2. The molecule has 3 saturated carbocycles. The molecule has 3 fully saturated rings. The van der Waals surface area contributed by atoms with Crippen LogP contribution in [0.25, 0.3) is 0 Å². The zero-order valence-electron chi connectivity index (χ0n) is 17.3. The molecule has 0 aliphatic heterocycles. The van der Waals surface area contributed by atoms with Crippen molar-refractivity contribution in [3.63, 3.8) is 0 Å². The molecular weight excluding hydrogens is 386 g/mol. The third kappa shape index (κ3) is 4.53. The van der Waals surface area contributed by atoms with Gasteiger partial charge in [0.15, 0.2) is 0 Å². The maximum atomic E-state index is 11.9. The van der Waals surface area contributed by atoms with Crippen LogP contribution in [0.1, 0.15) is 51.2 Å². The van der Waals surface area contributed by atoms with E-state index in [1.165, 1.54) is 5.56 Å². The third-order valence-corrected chi connectivity index (χ3v) is 5.92. The third-order valence-electron chi connectivity index (χ3n) is 5.68. The molecule has 0 aromatic heterocycles. The zero-order valence-corrected chi connectivity index (χ0v) is 18.0. The summed E-state index contributed by atoms with van der Waals surface area (Å²) in [6.07, 6.45) is 3.33. The van der Waals surface area contributed by atoms with Gasteiger partial charge in [-0.15, -0.1) is 0 Å². The summed E-state index contributed by atoms with van der Waals surface area (Å²) >= 11 is 6.24. The van der Waals surface area contributed by atoms with Crippen molar-refractivity contribution >= 4 is 17.7 Å². The lowest BCUT2D eigenvalue weighted by molar-refractivity contribution is -0.239. The van der Waals surface area contributed by atoms with Gasteiger partial charge in [-0.1, -0.05) is 41.9 Å². The molecule has 154 valence electrons. The first-order chi connectivity index (χ1) is 13.7. The van der Waals surface area contributed by atoms with Gasteiger partial charge in [-0.3, -0.25) is 0 Å². The van der Waals surface area contributed by atoms with Crippen LogP contribution < -0.4 is 10.1 Å². The van der Waals surface area contributed by atoms with E-state index in [0.717, 1.165) is 42.0 Å². The predicted octanol–water partition coefficient (Wildman–Crippen LogP) is 5.76. The van der Waals surface area contributed by atoms with Gasteiger partial charge in [-0.05, 0) is 74.8 Å². The van der Waals surface area contributed by atoms with Gasteiger partial charge in [-0.2, -0.15) is 0 Å². The van der Waals surface area contributed by atoms with E-state index >= 15 is 0 Å². The highest BCUT2D eigenvalue weighted by molar-refractivity contribution is 6.30. The van der Waals surface area contributed by atoms with Crippen LogP contribution in [0.4, 0.5) is 4.79 Å². The maximum absolute atomic E-state index is 11.9. The summed E-state index contributed by atoms with van der Waals surface area (Å²) in [5.74, 6) is 0.909. The molecule has 2 bridgehead atoms. The van der Waals surface area contributed by atoms with Crippen LogP contribution in [0, 0.1) is 5.41 Å². The fraction of sp³-hybridized carbons (Fsp3) is 0.458. The number of carbonyl (C=O) groups is 1. The number of nitrogens with one attached hydrogen (secondary N) is 1. The number of amides is 1. The Balaban J connectivity index is 1.35. The normalized spacial score (nSPS) is 24.8. The summed E-state index contributed by atoms with van der Waals surface area (Å²) < 4.78 is 11.8. The summed E-state index contributed by atoms with van der Waals surface area (Å²) in [5, 5.41) is 3.64. The number of hydrogen-bond donors (Lipinski definition) is 1. The lowest BCUT2D eigenvalue weighted by Crippen LogP contribution is -2.72. The molecule has 1 amide bonds. The number of halogens is 1. The molecule has 0 spiro atoms. The van der Waals surface area contributed by atoms with Gasteiger partial charge in [0.25, 0.3) is 0 Å². The molecule has 0 radical (unpaired) electrons. The number of rotatable bonds is 6. The van der Waals surface area contributed by atoms with E-state index in [4.69, 9.17) is 21.1 Å². The minimum atomic E-state index is -0.475. The van der Waals surface area contributed by atoms with Gasteiger partial charge in [0.2, 0.25) is 0 Å². The summed E-state index contributed by atoms with van der Waals surface area (Å²) in [7, 11) is 0. The van der Waals surface area contributed by atoms with E-state index in [0.29, 0.717) is 6.54 Å². The highest BCUT2D eigenvalue weighted by atomic mass is 35.5. The second kappa shape index (κ2) is 7.24. The molecule has 4 nitrogen and oxygen atoms in total. The van der Waals surface area contributed by atoms with E-state index in [1.807, 2.05) is 57.2 Å². The lowest BCUT2D eigenvalue weighted by atomic mass is 9.41. The average Bonchev–Trinajstić information content (AvgIpc) is 2.57. The SMILES string of the molecule is CC(C)(C)OC(=O)NCC12CC(Oc3ccc(Cl)cc3Cc3ccccc3)(C1)C2. The van der Waals surface area contributed by atoms with Crippen molar-refractivity contribution < 1.29 is 14.3 Å². The van der Waals surface area contributed by atoms with Crippen molar-refractivity contribution in [1.29, 1.82) is 0 Å². The molecular formula is C24H28ClNO3. The van der Waals surface area contributed by atoms with Gasteiger partial charge in [0, 0.05) is 18.0 Å². The Kier molecular flexibility index (Phi) is 5.02. The summed E-state index contributed by atoms with van der Waals surface area (Å²) in [6, 6.07) is 16.2. The molecule has 1 N–H and O–H groups in total. The number of benzene rings is 2. The first-order valence-electron chi connectivity index (χ1n) is 10.1. The quantitative estimate of drug-likeness (QED) is 0.655. The van der Waals surface area contributed by atoms with Crippen LogP contribution >= 0.6 is 11.6 Å². The Morgan fingerprint density at radius 1 is 1.10 bits per heavy atom. The Morgan fingerprint density at radius 2 is 1.79 bits per heavy atom. The highest BCUT2D eigenvalue weighted by Gasteiger charge is 2.70. The van der Waals surface area contributed by atoms with Crippen LogP contribution in [0.5, 0.6) is 5.75 Å². The van der Waals surface area contributed by atoms with Crippen LogP contribution in [0.3, 0.4) is 0 Å². The Bertz CT molecular complexity index is 884. The maximum Gasteiger partial charge on any atom is 0.407 e. The topological polar surface area (TPSA) is 47.6 Å². The molecule has 5 heteroatoms. The molecule has 3 aliphatic carbocycles. The van der Waals surface area contributed by atoms with Gasteiger partial charge in [-0.25, -0.2) is 4.79 Å². The molecule has 2 aromatic rings. The predicted molar refractivity (Wildman–Crippen MR) is 115 cm³/mol. The Hall–Kier alpha value is -2.20. The molecule has 0 saturated heterocycles. The van der Waals surface area contributed by atoms with Crippen LogP contribution in [-0.4, -0.2) is 23.8 Å². The van der Waals surface area contributed by atoms with Crippen molar-refractivity contribution in [2.45, 2.75) is 57.7 Å². The molecule has 3 aliphatic rings. The first kappa shape index (κ1) is 20.1. The van der Waals surface area contributed by atoms with E-state index in [-0.39, 0.29) is 17.1 Å².